The molecule has 0 aliphatic carbocycles. The van der Waals surface area contributed by atoms with Gasteiger partial charge in [-0.2, -0.15) is 0 Å². The van der Waals surface area contributed by atoms with Crippen LogP contribution >= 0.6 is 0 Å². The number of rotatable bonds is 4. The summed E-state index contributed by atoms with van der Waals surface area (Å²) in [7, 11) is 0. The Bertz CT molecular complexity index is 506. The summed E-state index contributed by atoms with van der Waals surface area (Å²) in [5.74, 6) is -1.25. The largest absolute Gasteiger partial charge is 0.461 e. The minimum atomic E-state index is -0.543. The molecule has 0 aliphatic heterocycles. The highest BCUT2D eigenvalue weighted by atomic mass is 16.6. The third kappa shape index (κ3) is 5.20. The summed E-state index contributed by atoms with van der Waals surface area (Å²) in [6.07, 6.45) is 0. The molecule has 0 atom stereocenters. The van der Waals surface area contributed by atoms with Crippen LogP contribution in [0.15, 0.2) is 18.2 Å². The van der Waals surface area contributed by atoms with E-state index < -0.39 is 17.9 Å². The fraction of sp³-hybridized carbons (Fsp3) is 0.308. The maximum absolute atomic E-state index is 11.0. The normalized spacial score (nSPS) is 9.63. The van der Waals surface area contributed by atoms with Gasteiger partial charge in [0.2, 0.25) is 0 Å². The molecule has 0 saturated carbocycles. The molecule has 6 nitrogen and oxygen atoms in total. The lowest BCUT2D eigenvalue weighted by Crippen LogP contribution is -2.08. The number of hydrogen-bond donors (Lipinski definition) is 0. The summed E-state index contributed by atoms with van der Waals surface area (Å²) < 4.78 is 14.7. The molecule has 0 saturated heterocycles. The van der Waals surface area contributed by atoms with E-state index in [4.69, 9.17) is 14.2 Å². The first-order valence-electron chi connectivity index (χ1n) is 5.51. The molecule has 0 heterocycles. The van der Waals surface area contributed by atoms with Gasteiger partial charge in [0.05, 0.1) is 0 Å². The molecule has 0 amide bonds. The molecule has 0 radical (unpaired) electrons. The minimum absolute atomic E-state index is 0.0456. The Hall–Kier alpha value is -2.37. The maximum atomic E-state index is 11.0. The highest BCUT2D eigenvalue weighted by Crippen LogP contribution is 2.29. The fourth-order valence-corrected chi connectivity index (χ4v) is 1.30. The van der Waals surface area contributed by atoms with Crippen LogP contribution in [0.3, 0.4) is 0 Å². The standard InChI is InChI=1S/C13H14O6/c1-8(14)17-7-11-4-5-12(18-9(2)15)13(6-11)19-10(3)16/h4-6H,7H2,1-3H3. The second kappa shape index (κ2) is 6.53. The molecule has 0 fully saturated rings. The van der Waals surface area contributed by atoms with E-state index in [9.17, 15) is 14.4 Å². The topological polar surface area (TPSA) is 78.9 Å². The lowest BCUT2D eigenvalue weighted by atomic mass is 10.2. The number of esters is 3. The zero-order valence-corrected chi connectivity index (χ0v) is 10.9. The van der Waals surface area contributed by atoms with E-state index in [-0.39, 0.29) is 18.1 Å². The number of carbonyl (C=O) groups excluding carboxylic acids is 3. The molecule has 0 aromatic heterocycles. The summed E-state index contributed by atoms with van der Waals surface area (Å²) in [5.41, 5.74) is 0.613. The first-order valence-corrected chi connectivity index (χ1v) is 5.51. The Morgan fingerprint density at radius 2 is 1.47 bits per heavy atom. The Labute approximate surface area is 110 Å². The number of benzene rings is 1. The van der Waals surface area contributed by atoms with E-state index in [0.29, 0.717) is 5.56 Å². The predicted octanol–water partition coefficient (Wildman–Crippen LogP) is 1.60. The fourth-order valence-electron chi connectivity index (χ4n) is 1.30. The van der Waals surface area contributed by atoms with Crippen molar-refractivity contribution in [3.8, 4) is 11.5 Å². The van der Waals surface area contributed by atoms with E-state index in [1.165, 1.54) is 32.9 Å². The SMILES string of the molecule is CC(=O)OCc1ccc(OC(C)=O)c(OC(C)=O)c1. The van der Waals surface area contributed by atoms with Crippen molar-refractivity contribution >= 4 is 17.9 Å². The van der Waals surface area contributed by atoms with Gasteiger partial charge in [-0.05, 0) is 17.7 Å². The van der Waals surface area contributed by atoms with Gasteiger partial charge in [-0.25, -0.2) is 0 Å². The Balaban J connectivity index is 2.96. The number of carbonyl (C=O) groups is 3. The number of hydrogen-bond acceptors (Lipinski definition) is 6. The lowest BCUT2D eigenvalue weighted by molar-refractivity contribution is -0.142. The van der Waals surface area contributed by atoms with Gasteiger partial charge in [0.1, 0.15) is 6.61 Å². The third-order valence-electron chi connectivity index (χ3n) is 1.96. The van der Waals surface area contributed by atoms with Crippen LogP contribution in [0.1, 0.15) is 26.3 Å². The summed E-state index contributed by atoms with van der Waals surface area (Å²) in [6, 6.07) is 4.55. The van der Waals surface area contributed by atoms with Crippen molar-refractivity contribution in [2.75, 3.05) is 0 Å². The van der Waals surface area contributed by atoms with Crippen molar-refractivity contribution in [2.24, 2.45) is 0 Å². The third-order valence-corrected chi connectivity index (χ3v) is 1.96. The quantitative estimate of drug-likeness (QED) is 0.608. The molecule has 1 aromatic carbocycles. The van der Waals surface area contributed by atoms with Crippen LogP contribution < -0.4 is 9.47 Å². The molecular weight excluding hydrogens is 252 g/mol. The van der Waals surface area contributed by atoms with Gasteiger partial charge in [-0.1, -0.05) is 6.07 Å². The first kappa shape index (κ1) is 14.7. The van der Waals surface area contributed by atoms with Crippen LogP contribution in [0.5, 0.6) is 11.5 Å². The predicted molar refractivity (Wildman–Crippen MR) is 64.5 cm³/mol. The first-order chi connectivity index (χ1) is 8.88. The van der Waals surface area contributed by atoms with Crippen LogP contribution in [0.2, 0.25) is 0 Å². The summed E-state index contributed by atoms with van der Waals surface area (Å²) >= 11 is 0. The van der Waals surface area contributed by atoms with Crippen molar-refractivity contribution in [2.45, 2.75) is 27.4 Å². The molecule has 19 heavy (non-hydrogen) atoms. The summed E-state index contributed by atoms with van der Waals surface area (Å²) in [5, 5.41) is 0. The molecular formula is C13H14O6. The van der Waals surface area contributed by atoms with Crippen molar-refractivity contribution in [1.82, 2.24) is 0 Å². The molecule has 0 bridgehead atoms. The summed E-state index contributed by atoms with van der Waals surface area (Å²) in [6.45, 7) is 3.81. The van der Waals surface area contributed by atoms with Gasteiger partial charge in [-0.15, -0.1) is 0 Å². The number of ether oxygens (including phenoxy) is 3. The Morgan fingerprint density at radius 1 is 0.895 bits per heavy atom. The van der Waals surface area contributed by atoms with Crippen LogP contribution in [0.4, 0.5) is 0 Å². The van der Waals surface area contributed by atoms with Crippen LogP contribution in [-0.4, -0.2) is 17.9 Å². The Kier molecular flexibility index (Phi) is 5.05. The van der Waals surface area contributed by atoms with E-state index in [2.05, 4.69) is 0 Å². The van der Waals surface area contributed by atoms with Gasteiger partial charge < -0.3 is 14.2 Å². The molecule has 6 heteroatoms. The highest BCUT2D eigenvalue weighted by Gasteiger charge is 2.11. The second-order valence-electron chi connectivity index (χ2n) is 3.75. The molecule has 0 N–H and O–H groups in total. The van der Waals surface area contributed by atoms with Gasteiger partial charge in [0, 0.05) is 20.8 Å². The Morgan fingerprint density at radius 3 is 2.00 bits per heavy atom. The molecule has 0 spiro atoms. The molecule has 0 unspecified atom stereocenters. The van der Waals surface area contributed by atoms with E-state index in [1.807, 2.05) is 0 Å². The van der Waals surface area contributed by atoms with Crippen molar-refractivity contribution in [3.63, 3.8) is 0 Å². The highest BCUT2D eigenvalue weighted by molar-refractivity contribution is 5.73. The van der Waals surface area contributed by atoms with Gasteiger partial charge in [-0.3, -0.25) is 14.4 Å². The molecule has 102 valence electrons. The smallest absolute Gasteiger partial charge is 0.308 e. The minimum Gasteiger partial charge on any atom is -0.461 e. The zero-order chi connectivity index (χ0) is 14.4. The zero-order valence-electron chi connectivity index (χ0n) is 10.9. The lowest BCUT2D eigenvalue weighted by Gasteiger charge is -2.10. The average Bonchev–Trinajstić information content (AvgIpc) is 2.28. The second-order valence-corrected chi connectivity index (χ2v) is 3.75. The van der Waals surface area contributed by atoms with Crippen molar-refractivity contribution < 1.29 is 28.6 Å². The van der Waals surface area contributed by atoms with Crippen molar-refractivity contribution in [1.29, 1.82) is 0 Å². The average molecular weight is 266 g/mol. The van der Waals surface area contributed by atoms with Crippen LogP contribution in [0, 0.1) is 0 Å². The molecule has 1 aromatic rings. The van der Waals surface area contributed by atoms with Gasteiger partial charge in [0.15, 0.2) is 11.5 Å². The van der Waals surface area contributed by atoms with E-state index >= 15 is 0 Å². The van der Waals surface area contributed by atoms with Gasteiger partial charge >= 0.3 is 17.9 Å². The van der Waals surface area contributed by atoms with Gasteiger partial charge in [0.25, 0.3) is 0 Å². The summed E-state index contributed by atoms with van der Waals surface area (Å²) in [4.78, 5) is 32.6. The van der Waals surface area contributed by atoms with Crippen LogP contribution in [0.25, 0.3) is 0 Å². The monoisotopic (exact) mass is 266 g/mol. The van der Waals surface area contributed by atoms with E-state index in [0.717, 1.165) is 0 Å². The maximum Gasteiger partial charge on any atom is 0.308 e. The van der Waals surface area contributed by atoms with Crippen LogP contribution in [-0.2, 0) is 25.7 Å². The molecule has 1 rings (SSSR count). The van der Waals surface area contributed by atoms with Crippen molar-refractivity contribution in [3.05, 3.63) is 23.8 Å². The molecule has 0 aliphatic rings. The van der Waals surface area contributed by atoms with E-state index in [1.54, 1.807) is 6.07 Å².